The first-order valence-electron chi connectivity index (χ1n) is 8.19. The van der Waals surface area contributed by atoms with Crippen molar-refractivity contribution in [1.29, 1.82) is 0 Å². The molecule has 0 spiro atoms. The lowest BCUT2D eigenvalue weighted by atomic mass is 9.76. The quantitative estimate of drug-likeness (QED) is 0.827. The molecule has 1 aliphatic carbocycles. The molecule has 3 nitrogen and oxygen atoms in total. The van der Waals surface area contributed by atoms with E-state index in [9.17, 15) is 0 Å². The summed E-state index contributed by atoms with van der Waals surface area (Å²) in [6.45, 7) is 5.58. The van der Waals surface area contributed by atoms with Gasteiger partial charge in [-0.25, -0.2) is 0 Å². The SMILES string of the molecule is CCCNC(c1cnccc1N)C1CCC(CC)CC1. The smallest absolute Gasteiger partial charge is 0.0393 e. The third-order valence-corrected chi connectivity index (χ3v) is 4.78. The fourth-order valence-electron chi connectivity index (χ4n) is 3.44. The summed E-state index contributed by atoms with van der Waals surface area (Å²) < 4.78 is 0. The zero-order valence-corrected chi connectivity index (χ0v) is 12.9. The summed E-state index contributed by atoms with van der Waals surface area (Å²) in [5.74, 6) is 1.64. The lowest BCUT2D eigenvalue weighted by Crippen LogP contribution is -2.32. The Balaban J connectivity index is 2.10. The summed E-state index contributed by atoms with van der Waals surface area (Å²) in [6.07, 6.45) is 11.6. The molecule has 1 heterocycles. The van der Waals surface area contributed by atoms with E-state index in [4.69, 9.17) is 5.73 Å². The van der Waals surface area contributed by atoms with E-state index in [1.807, 2.05) is 12.3 Å². The Hall–Kier alpha value is -1.09. The first-order chi connectivity index (χ1) is 9.76. The standard InChI is InChI=1S/C17H29N3/c1-3-10-20-17(15-12-19-11-9-16(15)18)14-7-5-13(4-2)6-8-14/h9,11-14,17,20H,3-8,10H2,1-2H3,(H2,18,19). The molecule has 1 atom stereocenters. The third-order valence-electron chi connectivity index (χ3n) is 4.78. The first-order valence-corrected chi connectivity index (χ1v) is 8.19. The monoisotopic (exact) mass is 275 g/mol. The number of nitrogens with two attached hydrogens (primary N) is 1. The minimum absolute atomic E-state index is 0.376. The van der Waals surface area contributed by atoms with Crippen LogP contribution in [0, 0.1) is 11.8 Å². The van der Waals surface area contributed by atoms with Crippen LogP contribution < -0.4 is 11.1 Å². The van der Waals surface area contributed by atoms with Crippen molar-refractivity contribution in [2.45, 2.75) is 58.4 Å². The number of aromatic nitrogens is 1. The van der Waals surface area contributed by atoms with Crippen LogP contribution in [0.25, 0.3) is 0 Å². The molecule has 0 aromatic carbocycles. The molecule has 0 amide bonds. The van der Waals surface area contributed by atoms with Gasteiger partial charge in [0.2, 0.25) is 0 Å². The van der Waals surface area contributed by atoms with Crippen molar-refractivity contribution >= 4 is 5.69 Å². The molecule has 1 unspecified atom stereocenters. The Labute approximate surface area is 123 Å². The number of rotatable bonds is 6. The molecule has 0 radical (unpaired) electrons. The fourth-order valence-corrected chi connectivity index (χ4v) is 3.44. The Kier molecular flexibility index (Phi) is 5.84. The number of pyridine rings is 1. The van der Waals surface area contributed by atoms with Gasteiger partial charge in [0.1, 0.15) is 0 Å². The molecule has 112 valence electrons. The molecule has 3 N–H and O–H groups in total. The van der Waals surface area contributed by atoms with Crippen LogP contribution in [-0.4, -0.2) is 11.5 Å². The van der Waals surface area contributed by atoms with Gasteiger partial charge in [0.15, 0.2) is 0 Å². The Morgan fingerprint density at radius 1 is 1.30 bits per heavy atom. The highest BCUT2D eigenvalue weighted by atomic mass is 14.9. The summed E-state index contributed by atoms with van der Waals surface area (Å²) in [5.41, 5.74) is 8.25. The maximum Gasteiger partial charge on any atom is 0.0393 e. The Morgan fingerprint density at radius 3 is 2.65 bits per heavy atom. The molecular weight excluding hydrogens is 246 g/mol. The number of hydrogen-bond donors (Lipinski definition) is 2. The molecular formula is C17H29N3. The van der Waals surface area contributed by atoms with Crippen molar-refractivity contribution in [3.05, 3.63) is 24.0 Å². The van der Waals surface area contributed by atoms with Gasteiger partial charge in [0, 0.05) is 29.7 Å². The van der Waals surface area contributed by atoms with Crippen LogP contribution in [0.2, 0.25) is 0 Å². The lowest BCUT2D eigenvalue weighted by molar-refractivity contribution is 0.219. The molecule has 1 aliphatic rings. The highest BCUT2D eigenvalue weighted by Crippen LogP contribution is 2.39. The molecule has 1 saturated carbocycles. The van der Waals surface area contributed by atoms with Crippen LogP contribution in [0.5, 0.6) is 0 Å². The van der Waals surface area contributed by atoms with Crippen molar-refractivity contribution in [3.8, 4) is 0 Å². The zero-order valence-electron chi connectivity index (χ0n) is 12.9. The topological polar surface area (TPSA) is 50.9 Å². The predicted octanol–water partition coefficient (Wildman–Crippen LogP) is 3.92. The van der Waals surface area contributed by atoms with E-state index in [1.165, 1.54) is 37.7 Å². The maximum absolute atomic E-state index is 6.17. The van der Waals surface area contributed by atoms with E-state index in [0.29, 0.717) is 12.0 Å². The summed E-state index contributed by atoms with van der Waals surface area (Å²) in [5, 5.41) is 3.71. The van der Waals surface area contributed by atoms with E-state index in [-0.39, 0.29) is 0 Å². The van der Waals surface area contributed by atoms with E-state index < -0.39 is 0 Å². The van der Waals surface area contributed by atoms with Crippen molar-refractivity contribution in [1.82, 2.24) is 10.3 Å². The van der Waals surface area contributed by atoms with Gasteiger partial charge in [-0.1, -0.05) is 33.1 Å². The van der Waals surface area contributed by atoms with E-state index in [0.717, 1.165) is 24.6 Å². The number of nitrogens with zero attached hydrogens (tertiary/aromatic N) is 1. The van der Waals surface area contributed by atoms with Crippen molar-refractivity contribution in [2.24, 2.45) is 11.8 Å². The van der Waals surface area contributed by atoms with Crippen LogP contribution in [0.3, 0.4) is 0 Å². The van der Waals surface area contributed by atoms with Crippen LogP contribution in [0.4, 0.5) is 5.69 Å². The average Bonchev–Trinajstić information content (AvgIpc) is 2.50. The molecule has 0 bridgehead atoms. The third kappa shape index (κ3) is 3.72. The van der Waals surface area contributed by atoms with Crippen LogP contribution in [0.1, 0.15) is 64.0 Å². The summed E-state index contributed by atoms with van der Waals surface area (Å²) in [4.78, 5) is 4.28. The van der Waals surface area contributed by atoms with Gasteiger partial charge in [0.25, 0.3) is 0 Å². The highest BCUT2D eigenvalue weighted by Gasteiger charge is 2.28. The first kappa shape index (κ1) is 15.3. The largest absolute Gasteiger partial charge is 0.398 e. The molecule has 1 aromatic rings. The second-order valence-electron chi connectivity index (χ2n) is 6.13. The highest BCUT2D eigenvalue weighted by molar-refractivity contribution is 5.46. The van der Waals surface area contributed by atoms with Crippen LogP contribution in [0.15, 0.2) is 18.5 Å². The average molecular weight is 275 g/mol. The second kappa shape index (κ2) is 7.63. The van der Waals surface area contributed by atoms with Gasteiger partial charge in [0.05, 0.1) is 0 Å². The number of nitrogens with one attached hydrogen (secondary N) is 1. The predicted molar refractivity (Wildman–Crippen MR) is 85.4 cm³/mol. The molecule has 3 heteroatoms. The van der Waals surface area contributed by atoms with Crippen molar-refractivity contribution in [3.63, 3.8) is 0 Å². The minimum Gasteiger partial charge on any atom is -0.398 e. The maximum atomic E-state index is 6.17. The molecule has 1 aromatic heterocycles. The van der Waals surface area contributed by atoms with E-state index in [1.54, 1.807) is 6.20 Å². The summed E-state index contributed by atoms with van der Waals surface area (Å²) in [6, 6.07) is 2.30. The van der Waals surface area contributed by atoms with E-state index in [2.05, 4.69) is 24.1 Å². The van der Waals surface area contributed by atoms with Gasteiger partial charge < -0.3 is 11.1 Å². The summed E-state index contributed by atoms with van der Waals surface area (Å²) >= 11 is 0. The van der Waals surface area contributed by atoms with Gasteiger partial charge >= 0.3 is 0 Å². The Morgan fingerprint density at radius 2 is 2.05 bits per heavy atom. The number of nitrogen functional groups attached to an aromatic ring is 1. The molecule has 20 heavy (non-hydrogen) atoms. The number of anilines is 1. The lowest BCUT2D eigenvalue weighted by Gasteiger charge is -2.34. The number of hydrogen-bond acceptors (Lipinski definition) is 3. The molecule has 1 fully saturated rings. The zero-order chi connectivity index (χ0) is 14.4. The second-order valence-corrected chi connectivity index (χ2v) is 6.13. The molecule has 2 rings (SSSR count). The van der Waals surface area contributed by atoms with E-state index >= 15 is 0 Å². The van der Waals surface area contributed by atoms with Gasteiger partial charge in [-0.2, -0.15) is 0 Å². The van der Waals surface area contributed by atoms with Gasteiger partial charge in [-0.3, -0.25) is 4.98 Å². The van der Waals surface area contributed by atoms with Crippen molar-refractivity contribution in [2.75, 3.05) is 12.3 Å². The normalized spacial score (nSPS) is 24.5. The van der Waals surface area contributed by atoms with Crippen LogP contribution >= 0.6 is 0 Å². The Bertz CT molecular complexity index is 397. The summed E-state index contributed by atoms with van der Waals surface area (Å²) in [7, 11) is 0. The molecule has 0 aliphatic heterocycles. The fraction of sp³-hybridized carbons (Fsp3) is 0.706. The van der Waals surface area contributed by atoms with Crippen LogP contribution in [-0.2, 0) is 0 Å². The minimum atomic E-state index is 0.376. The molecule has 0 saturated heterocycles. The van der Waals surface area contributed by atoms with Gasteiger partial charge in [-0.15, -0.1) is 0 Å². The van der Waals surface area contributed by atoms with Gasteiger partial charge in [-0.05, 0) is 43.7 Å². The van der Waals surface area contributed by atoms with Crippen molar-refractivity contribution < 1.29 is 0 Å².